The highest BCUT2D eigenvalue weighted by Gasteiger charge is 2.33. The van der Waals surface area contributed by atoms with Crippen LogP contribution in [0.5, 0.6) is 0 Å². The van der Waals surface area contributed by atoms with Crippen molar-refractivity contribution in [3.8, 4) is 16.9 Å². The summed E-state index contributed by atoms with van der Waals surface area (Å²) in [7, 11) is 1.34. The zero-order valence-corrected chi connectivity index (χ0v) is 21.7. The molecule has 3 aromatic heterocycles. The number of hydrogen-bond acceptors (Lipinski definition) is 7. The van der Waals surface area contributed by atoms with Crippen molar-refractivity contribution >= 4 is 23.2 Å². The molecule has 0 spiro atoms. The van der Waals surface area contributed by atoms with Crippen LogP contribution in [0.15, 0.2) is 65.7 Å². The van der Waals surface area contributed by atoms with Crippen molar-refractivity contribution in [1.82, 2.24) is 24.0 Å². The van der Waals surface area contributed by atoms with E-state index in [1.165, 1.54) is 7.11 Å². The predicted molar refractivity (Wildman–Crippen MR) is 141 cm³/mol. The molecule has 1 fully saturated rings. The standard InChI is InChI=1S/C28H29N5O5/c1-28(2,3)38-27(36)31-15-13-21(17-31)32-23-6-5-14-29-24(23)33(26(32)35)20-11-12-22(30-16-20)18-7-9-19(10-8-18)25(34)37-4/h5-12,14,16,21H,13,15,17H2,1-4H3/t21-/m0/s1. The van der Waals surface area contributed by atoms with Crippen molar-refractivity contribution in [3.05, 3.63) is 77.0 Å². The fourth-order valence-corrected chi connectivity index (χ4v) is 4.66. The molecule has 10 nitrogen and oxygen atoms in total. The number of pyridine rings is 2. The Morgan fingerprint density at radius 2 is 1.79 bits per heavy atom. The number of carbonyl (C=O) groups excluding carboxylic acids is 2. The largest absolute Gasteiger partial charge is 0.465 e. The number of aromatic nitrogens is 4. The van der Waals surface area contributed by atoms with Crippen LogP contribution in [0.2, 0.25) is 0 Å². The maximum Gasteiger partial charge on any atom is 0.410 e. The van der Waals surface area contributed by atoms with Crippen LogP contribution in [0.3, 0.4) is 0 Å². The van der Waals surface area contributed by atoms with Crippen LogP contribution >= 0.6 is 0 Å². The van der Waals surface area contributed by atoms with Crippen LogP contribution in [0, 0.1) is 0 Å². The molecule has 38 heavy (non-hydrogen) atoms. The Balaban J connectivity index is 1.45. The van der Waals surface area contributed by atoms with E-state index in [2.05, 4.69) is 9.97 Å². The second-order valence-electron chi connectivity index (χ2n) is 10.2. The lowest BCUT2D eigenvalue weighted by atomic mass is 10.1. The van der Waals surface area contributed by atoms with E-state index in [1.807, 2.05) is 39.0 Å². The average molecular weight is 516 g/mol. The smallest absolute Gasteiger partial charge is 0.410 e. The molecule has 1 aromatic carbocycles. The van der Waals surface area contributed by atoms with Gasteiger partial charge in [-0.1, -0.05) is 12.1 Å². The summed E-state index contributed by atoms with van der Waals surface area (Å²) in [5.41, 5.74) is 2.93. The van der Waals surface area contributed by atoms with Gasteiger partial charge in [0.2, 0.25) is 0 Å². The van der Waals surface area contributed by atoms with Gasteiger partial charge in [0, 0.05) is 24.8 Å². The molecule has 5 rings (SSSR count). The molecule has 0 saturated carbocycles. The summed E-state index contributed by atoms with van der Waals surface area (Å²) >= 11 is 0. The molecule has 0 radical (unpaired) electrons. The molecule has 1 amide bonds. The second-order valence-corrected chi connectivity index (χ2v) is 10.2. The van der Waals surface area contributed by atoms with E-state index in [4.69, 9.17) is 9.47 Å². The summed E-state index contributed by atoms with van der Waals surface area (Å²) in [6.45, 7) is 6.38. The molecular weight excluding hydrogens is 486 g/mol. The minimum absolute atomic E-state index is 0.205. The number of nitrogens with zero attached hydrogens (tertiary/aromatic N) is 5. The first-order valence-electron chi connectivity index (χ1n) is 12.4. The van der Waals surface area contributed by atoms with Crippen molar-refractivity contribution < 1.29 is 19.1 Å². The van der Waals surface area contributed by atoms with Gasteiger partial charge in [-0.05, 0) is 63.6 Å². The van der Waals surface area contributed by atoms with Gasteiger partial charge in [0.1, 0.15) is 5.60 Å². The van der Waals surface area contributed by atoms with Crippen LogP contribution in [-0.2, 0) is 9.47 Å². The van der Waals surface area contributed by atoms with E-state index in [9.17, 15) is 14.4 Å². The highest BCUT2D eigenvalue weighted by Crippen LogP contribution is 2.27. The lowest BCUT2D eigenvalue weighted by molar-refractivity contribution is 0.0288. The normalized spacial score (nSPS) is 15.6. The Kier molecular flexibility index (Phi) is 6.48. The molecular formula is C28H29N5O5. The van der Waals surface area contributed by atoms with Crippen LogP contribution in [0.4, 0.5) is 4.79 Å². The first-order chi connectivity index (χ1) is 18.2. The molecule has 1 aliphatic rings. The first-order valence-corrected chi connectivity index (χ1v) is 12.4. The van der Waals surface area contributed by atoms with Gasteiger partial charge in [-0.25, -0.2) is 23.9 Å². The monoisotopic (exact) mass is 515 g/mol. The molecule has 10 heteroatoms. The number of fused-ring (bicyclic) bond motifs is 1. The first kappa shape index (κ1) is 25.2. The van der Waals surface area contributed by atoms with E-state index in [-0.39, 0.29) is 17.8 Å². The topological polar surface area (TPSA) is 109 Å². The van der Waals surface area contributed by atoms with E-state index in [0.29, 0.717) is 47.6 Å². The summed E-state index contributed by atoms with van der Waals surface area (Å²) in [5.74, 6) is -0.403. The Bertz CT molecular complexity index is 1550. The van der Waals surface area contributed by atoms with Crippen molar-refractivity contribution in [2.45, 2.75) is 38.8 Å². The molecule has 4 heterocycles. The van der Waals surface area contributed by atoms with Crippen LogP contribution < -0.4 is 5.69 Å². The second kappa shape index (κ2) is 9.77. The zero-order valence-electron chi connectivity index (χ0n) is 21.7. The number of ether oxygens (including phenoxy) is 2. The third-order valence-electron chi connectivity index (χ3n) is 6.42. The van der Waals surface area contributed by atoms with Gasteiger partial charge >= 0.3 is 17.8 Å². The summed E-state index contributed by atoms with van der Waals surface area (Å²) in [6.07, 6.45) is 3.53. The Morgan fingerprint density at radius 1 is 1.03 bits per heavy atom. The average Bonchev–Trinajstić information content (AvgIpc) is 3.49. The van der Waals surface area contributed by atoms with Gasteiger partial charge < -0.3 is 14.4 Å². The van der Waals surface area contributed by atoms with E-state index in [1.54, 1.807) is 56.8 Å². The van der Waals surface area contributed by atoms with E-state index >= 15 is 0 Å². The van der Waals surface area contributed by atoms with Crippen LogP contribution in [0.1, 0.15) is 43.6 Å². The fourth-order valence-electron chi connectivity index (χ4n) is 4.66. The van der Waals surface area contributed by atoms with Gasteiger partial charge in [0.25, 0.3) is 0 Å². The molecule has 0 N–H and O–H groups in total. The Morgan fingerprint density at radius 3 is 2.45 bits per heavy atom. The minimum Gasteiger partial charge on any atom is -0.465 e. The molecule has 196 valence electrons. The lowest BCUT2D eigenvalue weighted by Crippen LogP contribution is -2.36. The number of likely N-dealkylation sites (tertiary alicyclic amines) is 1. The number of carbonyl (C=O) groups is 2. The third kappa shape index (κ3) is 4.77. The van der Waals surface area contributed by atoms with Gasteiger partial charge in [0.15, 0.2) is 5.65 Å². The highest BCUT2D eigenvalue weighted by molar-refractivity contribution is 5.89. The molecule has 1 saturated heterocycles. The Labute approximate surface area is 219 Å². The quantitative estimate of drug-likeness (QED) is 0.375. The molecule has 1 aliphatic heterocycles. The molecule has 1 atom stereocenters. The van der Waals surface area contributed by atoms with Crippen molar-refractivity contribution in [1.29, 1.82) is 0 Å². The summed E-state index contributed by atoms with van der Waals surface area (Å²) in [4.78, 5) is 48.7. The number of methoxy groups -OCH3 is 1. The number of imidazole rings is 1. The van der Waals surface area contributed by atoms with Gasteiger partial charge in [-0.3, -0.25) is 9.55 Å². The van der Waals surface area contributed by atoms with E-state index < -0.39 is 11.6 Å². The zero-order chi connectivity index (χ0) is 27.0. The van der Waals surface area contributed by atoms with Crippen molar-refractivity contribution in [3.63, 3.8) is 0 Å². The maximum atomic E-state index is 13.7. The van der Waals surface area contributed by atoms with E-state index in [0.717, 1.165) is 5.56 Å². The molecule has 0 bridgehead atoms. The van der Waals surface area contributed by atoms with Gasteiger partial charge in [-0.15, -0.1) is 0 Å². The summed E-state index contributed by atoms with van der Waals surface area (Å²) in [6, 6.07) is 14.0. The Hall–Kier alpha value is -4.47. The SMILES string of the molecule is COC(=O)c1ccc(-c2ccc(-n3c(=O)n([C@H]4CCN(C(=O)OC(C)(C)C)C4)c4cccnc43)cn2)cc1. The van der Waals surface area contributed by atoms with Crippen molar-refractivity contribution in [2.24, 2.45) is 0 Å². The number of benzene rings is 1. The summed E-state index contributed by atoms with van der Waals surface area (Å²) < 4.78 is 13.5. The predicted octanol–water partition coefficient (Wildman–Crippen LogP) is 4.22. The number of hydrogen-bond donors (Lipinski definition) is 0. The number of esters is 1. The van der Waals surface area contributed by atoms with Crippen LogP contribution in [-0.4, -0.2) is 61.9 Å². The number of rotatable bonds is 4. The fraction of sp³-hybridized carbons (Fsp3) is 0.321. The lowest BCUT2D eigenvalue weighted by Gasteiger charge is -2.24. The van der Waals surface area contributed by atoms with Crippen molar-refractivity contribution in [2.75, 3.05) is 20.2 Å². The maximum absolute atomic E-state index is 13.7. The molecule has 0 aliphatic carbocycles. The number of amides is 1. The third-order valence-corrected chi connectivity index (χ3v) is 6.42. The highest BCUT2D eigenvalue weighted by atomic mass is 16.6. The molecule has 4 aromatic rings. The molecule has 0 unspecified atom stereocenters. The minimum atomic E-state index is -0.589. The van der Waals surface area contributed by atoms with Crippen LogP contribution in [0.25, 0.3) is 28.1 Å². The van der Waals surface area contributed by atoms with Gasteiger partial charge in [-0.2, -0.15) is 0 Å². The summed E-state index contributed by atoms with van der Waals surface area (Å²) in [5, 5.41) is 0. The van der Waals surface area contributed by atoms with Gasteiger partial charge in [0.05, 0.1) is 41.8 Å².